The number of rotatable bonds is 7. The fourth-order valence-corrected chi connectivity index (χ4v) is 4.26. The Kier molecular flexibility index (Phi) is 5.38. The first-order valence-electron chi connectivity index (χ1n) is 10.6. The lowest BCUT2D eigenvalue weighted by atomic mass is 10.00. The Bertz CT molecular complexity index is 893. The molecule has 2 saturated carbocycles. The van der Waals surface area contributed by atoms with Crippen molar-refractivity contribution in [2.45, 2.75) is 62.1 Å². The Morgan fingerprint density at radius 2 is 1.94 bits per heavy atom. The first-order valence-corrected chi connectivity index (χ1v) is 10.6. The summed E-state index contributed by atoms with van der Waals surface area (Å²) < 4.78 is 29.7. The van der Waals surface area contributed by atoms with Crippen molar-refractivity contribution in [3.63, 3.8) is 0 Å². The number of likely N-dealkylation sites (tertiary alicyclic amines) is 1. The van der Waals surface area contributed by atoms with Crippen molar-refractivity contribution < 1.29 is 18.4 Å². The number of halogens is 2. The Morgan fingerprint density at radius 3 is 2.48 bits per heavy atom. The molecular formula is C22H27F2N5O2. The van der Waals surface area contributed by atoms with Crippen LogP contribution in [0.4, 0.5) is 13.6 Å². The number of amides is 3. The number of carbonyl (C=O) groups excluding carboxylic acids is 2. The third-order valence-electron chi connectivity index (χ3n) is 6.64. The van der Waals surface area contributed by atoms with Gasteiger partial charge in [-0.05, 0) is 31.2 Å². The van der Waals surface area contributed by atoms with Gasteiger partial charge in [-0.3, -0.25) is 4.79 Å². The van der Waals surface area contributed by atoms with E-state index in [9.17, 15) is 23.6 Å². The Labute approximate surface area is 179 Å². The smallest absolute Gasteiger partial charge is 0.318 e. The van der Waals surface area contributed by atoms with Crippen LogP contribution in [0.3, 0.4) is 0 Å². The Hall–Kier alpha value is -2.73. The van der Waals surface area contributed by atoms with E-state index < -0.39 is 42.3 Å². The van der Waals surface area contributed by atoms with Gasteiger partial charge in [0.1, 0.15) is 11.6 Å². The highest BCUT2D eigenvalue weighted by atomic mass is 19.3. The summed E-state index contributed by atoms with van der Waals surface area (Å²) in [5.41, 5.74) is 5.50. The molecule has 0 bridgehead atoms. The van der Waals surface area contributed by atoms with Crippen LogP contribution < -0.4 is 16.4 Å². The molecule has 0 radical (unpaired) electrons. The fourth-order valence-electron chi connectivity index (χ4n) is 4.26. The highest BCUT2D eigenvalue weighted by Crippen LogP contribution is 2.51. The van der Waals surface area contributed by atoms with E-state index in [2.05, 4.69) is 10.6 Å². The molecule has 3 amide bonds. The molecule has 2 atom stereocenters. The summed E-state index contributed by atoms with van der Waals surface area (Å²) in [5, 5.41) is 14.3. The molecule has 1 saturated heterocycles. The predicted octanol–water partition coefficient (Wildman–Crippen LogP) is 1.93. The van der Waals surface area contributed by atoms with E-state index in [1.54, 1.807) is 30.3 Å². The summed E-state index contributed by atoms with van der Waals surface area (Å²) in [6.07, 6.45) is 1.43. The molecule has 2 aliphatic carbocycles. The predicted molar refractivity (Wildman–Crippen MR) is 109 cm³/mol. The molecule has 3 fully saturated rings. The van der Waals surface area contributed by atoms with Gasteiger partial charge >= 0.3 is 6.03 Å². The van der Waals surface area contributed by atoms with E-state index in [4.69, 9.17) is 5.73 Å². The SMILES string of the molecule is N#CC1(NC(=O)[C@H](CC(F)(F)Cc2ccccc2)NC(=O)N2CC(N)C3(CC3)C2)CC1. The van der Waals surface area contributed by atoms with Crippen LogP contribution in [0, 0.1) is 16.7 Å². The van der Waals surface area contributed by atoms with Crippen molar-refractivity contribution in [3.05, 3.63) is 35.9 Å². The first-order chi connectivity index (χ1) is 14.7. The minimum atomic E-state index is -3.22. The lowest BCUT2D eigenvalue weighted by Gasteiger charge is -2.27. The topological polar surface area (TPSA) is 111 Å². The van der Waals surface area contributed by atoms with Gasteiger partial charge in [0.05, 0.1) is 6.07 Å². The molecule has 3 aliphatic rings. The molecule has 1 aromatic carbocycles. The van der Waals surface area contributed by atoms with Crippen LogP contribution in [-0.4, -0.2) is 53.5 Å². The number of hydrogen-bond acceptors (Lipinski definition) is 4. The number of nitrogens with zero attached hydrogens (tertiary/aromatic N) is 2. The van der Waals surface area contributed by atoms with Crippen LogP contribution in [0.15, 0.2) is 30.3 Å². The number of nitrogens with one attached hydrogen (secondary N) is 2. The fraction of sp³-hybridized carbons (Fsp3) is 0.591. The number of urea groups is 1. The van der Waals surface area contributed by atoms with Gasteiger partial charge in [0.2, 0.25) is 5.91 Å². The molecule has 1 aliphatic heterocycles. The number of benzene rings is 1. The monoisotopic (exact) mass is 431 g/mol. The van der Waals surface area contributed by atoms with Crippen LogP contribution in [-0.2, 0) is 11.2 Å². The second-order valence-electron chi connectivity index (χ2n) is 9.26. The van der Waals surface area contributed by atoms with Crippen LogP contribution in [0.2, 0.25) is 0 Å². The summed E-state index contributed by atoms with van der Waals surface area (Å²) in [4.78, 5) is 27.1. The van der Waals surface area contributed by atoms with E-state index in [0.29, 0.717) is 31.5 Å². The molecule has 1 aromatic rings. The van der Waals surface area contributed by atoms with Crippen molar-refractivity contribution in [1.29, 1.82) is 5.26 Å². The number of hydrogen-bond donors (Lipinski definition) is 3. The molecule has 1 spiro atoms. The van der Waals surface area contributed by atoms with E-state index in [1.807, 2.05) is 6.07 Å². The first kappa shape index (κ1) is 21.5. The van der Waals surface area contributed by atoms with Gasteiger partial charge in [-0.15, -0.1) is 0 Å². The highest BCUT2D eigenvalue weighted by Gasteiger charge is 2.55. The third-order valence-corrected chi connectivity index (χ3v) is 6.64. The van der Waals surface area contributed by atoms with Crippen LogP contribution in [0.1, 0.15) is 37.7 Å². The van der Waals surface area contributed by atoms with Crippen LogP contribution >= 0.6 is 0 Å². The molecule has 9 heteroatoms. The van der Waals surface area contributed by atoms with E-state index >= 15 is 0 Å². The summed E-state index contributed by atoms with van der Waals surface area (Å²) in [7, 11) is 0. The largest absolute Gasteiger partial charge is 0.336 e. The van der Waals surface area contributed by atoms with Gasteiger partial charge in [0.15, 0.2) is 0 Å². The lowest BCUT2D eigenvalue weighted by molar-refractivity contribution is -0.126. The molecule has 7 nitrogen and oxygen atoms in total. The maximum atomic E-state index is 14.8. The molecule has 31 heavy (non-hydrogen) atoms. The maximum absolute atomic E-state index is 14.8. The van der Waals surface area contributed by atoms with Crippen molar-refractivity contribution >= 4 is 11.9 Å². The van der Waals surface area contributed by atoms with Gasteiger partial charge < -0.3 is 21.3 Å². The second-order valence-corrected chi connectivity index (χ2v) is 9.26. The third kappa shape index (κ3) is 4.79. The molecular weight excluding hydrogens is 404 g/mol. The number of nitriles is 1. The zero-order valence-electron chi connectivity index (χ0n) is 17.2. The average molecular weight is 431 g/mol. The Morgan fingerprint density at radius 1 is 1.26 bits per heavy atom. The van der Waals surface area contributed by atoms with Gasteiger partial charge in [-0.25, -0.2) is 13.6 Å². The van der Waals surface area contributed by atoms with Gasteiger partial charge in [-0.2, -0.15) is 5.26 Å². The minimum Gasteiger partial charge on any atom is -0.336 e. The summed E-state index contributed by atoms with van der Waals surface area (Å²) >= 11 is 0. The molecule has 4 rings (SSSR count). The summed E-state index contributed by atoms with van der Waals surface area (Å²) in [5.74, 6) is -3.98. The quantitative estimate of drug-likeness (QED) is 0.612. The van der Waals surface area contributed by atoms with E-state index in [1.165, 1.54) is 4.90 Å². The maximum Gasteiger partial charge on any atom is 0.318 e. The van der Waals surface area contributed by atoms with Gasteiger partial charge in [0, 0.05) is 37.4 Å². The zero-order chi connectivity index (χ0) is 22.3. The lowest BCUT2D eigenvalue weighted by Crippen LogP contribution is -2.55. The average Bonchev–Trinajstić information content (AvgIpc) is 3.62. The van der Waals surface area contributed by atoms with E-state index in [0.717, 1.165) is 12.8 Å². The highest BCUT2D eigenvalue weighted by molar-refractivity contribution is 5.88. The molecule has 166 valence electrons. The van der Waals surface area contributed by atoms with E-state index in [-0.39, 0.29) is 11.5 Å². The van der Waals surface area contributed by atoms with Crippen molar-refractivity contribution in [2.75, 3.05) is 13.1 Å². The standard InChI is InChI=1S/C22H27F2N5O2/c23-22(24,10-15-4-2-1-3-5-15)11-16(18(30)28-21(13-25)8-9-21)27-19(31)29-12-17(26)20(14-29)6-7-20/h1-5,16-17H,6-12,14,26H2,(H,27,31)(H,28,30)/t16-,17?/m0/s1. The van der Waals surface area contributed by atoms with Crippen molar-refractivity contribution in [2.24, 2.45) is 11.1 Å². The van der Waals surface area contributed by atoms with Crippen LogP contribution in [0.25, 0.3) is 0 Å². The molecule has 1 unspecified atom stereocenters. The van der Waals surface area contributed by atoms with Gasteiger partial charge in [-0.1, -0.05) is 30.3 Å². The molecule has 4 N–H and O–H groups in total. The van der Waals surface area contributed by atoms with Crippen molar-refractivity contribution in [1.82, 2.24) is 15.5 Å². The van der Waals surface area contributed by atoms with Crippen LogP contribution in [0.5, 0.6) is 0 Å². The number of nitrogens with two attached hydrogens (primary N) is 1. The number of carbonyl (C=O) groups is 2. The summed E-state index contributed by atoms with van der Waals surface area (Å²) in [6, 6.07) is 8.12. The van der Waals surface area contributed by atoms with Gasteiger partial charge in [0.25, 0.3) is 5.92 Å². The second kappa shape index (κ2) is 7.75. The number of alkyl halides is 2. The molecule has 0 aromatic heterocycles. The Balaban J connectivity index is 1.45. The summed E-state index contributed by atoms with van der Waals surface area (Å²) in [6.45, 7) is 0.805. The van der Waals surface area contributed by atoms with Crippen molar-refractivity contribution in [3.8, 4) is 6.07 Å². The zero-order valence-corrected chi connectivity index (χ0v) is 17.2. The molecule has 1 heterocycles. The minimum absolute atomic E-state index is 0.0643. The normalized spacial score (nSPS) is 23.7.